The first-order valence-corrected chi connectivity index (χ1v) is 3.47. The van der Waals surface area contributed by atoms with Gasteiger partial charge in [0.1, 0.15) is 5.78 Å². The lowest BCUT2D eigenvalue weighted by Crippen LogP contribution is -2.58. The van der Waals surface area contributed by atoms with Crippen LogP contribution in [-0.4, -0.2) is 23.0 Å². The molecule has 0 aliphatic heterocycles. The lowest BCUT2D eigenvalue weighted by atomic mass is 9.66. The third-order valence-electron chi connectivity index (χ3n) is 2.28. The first-order chi connectivity index (χ1) is 4.94. The number of carboxylic acid groups (broad SMARTS) is 1. The van der Waals surface area contributed by atoms with Crippen molar-refractivity contribution < 1.29 is 14.7 Å². The average Bonchev–Trinajstić information content (AvgIpc) is 1.87. The van der Waals surface area contributed by atoms with Crippen LogP contribution in [0.3, 0.4) is 0 Å². The van der Waals surface area contributed by atoms with Gasteiger partial charge in [0.05, 0.1) is 6.04 Å². The van der Waals surface area contributed by atoms with E-state index in [-0.39, 0.29) is 11.8 Å². The number of Topliss-reactive ketones (excluding diaryl/α,β-unsaturated/α-hetero) is 1. The summed E-state index contributed by atoms with van der Waals surface area (Å²) in [6.45, 7) is 3.50. The molecule has 0 spiro atoms. The van der Waals surface area contributed by atoms with Gasteiger partial charge < -0.3 is 10.4 Å². The number of amides is 1. The highest BCUT2D eigenvalue weighted by Gasteiger charge is 2.47. The van der Waals surface area contributed by atoms with Crippen LogP contribution in [0.4, 0.5) is 4.79 Å². The second-order valence-electron chi connectivity index (χ2n) is 3.35. The first kappa shape index (κ1) is 8.04. The molecular formula is C7H11NO3. The third kappa shape index (κ3) is 1.20. The normalized spacial score (nSPS) is 27.5. The van der Waals surface area contributed by atoms with Gasteiger partial charge in [0.15, 0.2) is 0 Å². The van der Waals surface area contributed by atoms with Gasteiger partial charge in [0, 0.05) is 11.8 Å². The van der Waals surface area contributed by atoms with Crippen LogP contribution in [0.5, 0.6) is 0 Å². The molecule has 1 saturated carbocycles. The Hall–Kier alpha value is -1.06. The summed E-state index contributed by atoms with van der Waals surface area (Å²) in [5, 5.41) is 10.6. The van der Waals surface area contributed by atoms with Crippen molar-refractivity contribution in [1.82, 2.24) is 5.32 Å². The Labute approximate surface area is 64.6 Å². The van der Waals surface area contributed by atoms with Crippen molar-refractivity contribution in [2.45, 2.75) is 26.3 Å². The fraction of sp³-hybridized carbons (Fsp3) is 0.714. The Kier molecular flexibility index (Phi) is 1.62. The van der Waals surface area contributed by atoms with Crippen LogP contribution in [0.1, 0.15) is 20.3 Å². The number of hydrogen-bond acceptors (Lipinski definition) is 2. The van der Waals surface area contributed by atoms with E-state index in [1.807, 2.05) is 0 Å². The quantitative estimate of drug-likeness (QED) is 0.586. The van der Waals surface area contributed by atoms with Gasteiger partial charge in [-0.1, -0.05) is 13.8 Å². The maximum atomic E-state index is 10.9. The summed E-state index contributed by atoms with van der Waals surface area (Å²) in [4.78, 5) is 21.1. The molecule has 4 nitrogen and oxygen atoms in total. The van der Waals surface area contributed by atoms with Crippen molar-refractivity contribution in [2.75, 3.05) is 0 Å². The molecule has 1 fully saturated rings. The largest absolute Gasteiger partial charge is 0.465 e. The average molecular weight is 157 g/mol. The van der Waals surface area contributed by atoms with Crippen LogP contribution in [0.15, 0.2) is 0 Å². The SMILES string of the molecule is CC1(C)C(=O)CC1NC(=O)O. The zero-order valence-electron chi connectivity index (χ0n) is 6.55. The van der Waals surface area contributed by atoms with E-state index in [0.717, 1.165) is 0 Å². The Bertz CT molecular complexity index is 210. The molecule has 1 rings (SSSR count). The van der Waals surface area contributed by atoms with E-state index in [1.165, 1.54) is 0 Å². The van der Waals surface area contributed by atoms with E-state index in [1.54, 1.807) is 13.8 Å². The molecule has 0 heterocycles. The molecule has 0 bridgehead atoms. The van der Waals surface area contributed by atoms with E-state index >= 15 is 0 Å². The molecule has 1 atom stereocenters. The van der Waals surface area contributed by atoms with Gasteiger partial charge in [-0.05, 0) is 0 Å². The number of ketones is 1. The summed E-state index contributed by atoms with van der Waals surface area (Å²) < 4.78 is 0. The van der Waals surface area contributed by atoms with Crippen LogP contribution in [0, 0.1) is 5.41 Å². The molecule has 4 heteroatoms. The molecule has 1 aliphatic rings. The fourth-order valence-electron chi connectivity index (χ4n) is 1.15. The van der Waals surface area contributed by atoms with Crippen LogP contribution < -0.4 is 5.32 Å². The van der Waals surface area contributed by atoms with Crippen LogP contribution >= 0.6 is 0 Å². The lowest BCUT2D eigenvalue weighted by Gasteiger charge is -2.41. The van der Waals surface area contributed by atoms with E-state index in [4.69, 9.17) is 5.11 Å². The fourth-order valence-corrected chi connectivity index (χ4v) is 1.15. The molecule has 0 aromatic carbocycles. The zero-order chi connectivity index (χ0) is 8.65. The van der Waals surface area contributed by atoms with Crippen LogP contribution in [-0.2, 0) is 4.79 Å². The molecular weight excluding hydrogens is 146 g/mol. The van der Waals surface area contributed by atoms with Gasteiger partial charge in [-0.25, -0.2) is 4.79 Å². The number of carbonyl (C=O) groups excluding carboxylic acids is 1. The summed E-state index contributed by atoms with van der Waals surface area (Å²) in [5.41, 5.74) is -0.502. The molecule has 0 radical (unpaired) electrons. The highest BCUT2D eigenvalue weighted by Crippen LogP contribution is 2.36. The van der Waals surface area contributed by atoms with Crippen molar-refractivity contribution >= 4 is 11.9 Å². The van der Waals surface area contributed by atoms with Gasteiger partial charge in [-0.3, -0.25) is 4.79 Å². The molecule has 1 amide bonds. The smallest absolute Gasteiger partial charge is 0.404 e. The minimum atomic E-state index is -1.06. The highest BCUT2D eigenvalue weighted by molar-refractivity contribution is 5.92. The van der Waals surface area contributed by atoms with Crippen molar-refractivity contribution in [3.05, 3.63) is 0 Å². The summed E-state index contributed by atoms with van der Waals surface area (Å²) in [6, 6.07) is -0.201. The number of hydrogen-bond donors (Lipinski definition) is 2. The van der Waals surface area contributed by atoms with Gasteiger partial charge in [0.25, 0.3) is 0 Å². The number of nitrogens with one attached hydrogen (secondary N) is 1. The molecule has 1 aliphatic carbocycles. The maximum absolute atomic E-state index is 10.9. The minimum absolute atomic E-state index is 0.122. The molecule has 0 aromatic rings. The number of rotatable bonds is 1. The second-order valence-corrected chi connectivity index (χ2v) is 3.35. The predicted molar refractivity (Wildman–Crippen MR) is 38.4 cm³/mol. The molecule has 2 N–H and O–H groups in total. The van der Waals surface area contributed by atoms with E-state index in [0.29, 0.717) is 6.42 Å². The molecule has 0 aromatic heterocycles. The van der Waals surface area contributed by atoms with Gasteiger partial charge in [0.2, 0.25) is 0 Å². The van der Waals surface area contributed by atoms with Crippen molar-refractivity contribution in [1.29, 1.82) is 0 Å². The molecule has 62 valence electrons. The van der Waals surface area contributed by atoms with Gasteiger partial charge in [-0.15, -0.1) is 0 Å². The molecule has 0 saturated heterocycles. The third-order valence-corrected chi connectivity index (χ3v) is 2.28. The van der Waals surface area contributed by atoms with Crippen molar-refractivity contribution in [3.8, 4) is 0 Å². The topological polar surface area (TPSA) is 66.4 Å². The minimum Gasteiger partial charge on any atom is -0.465 e. The zero-order valence-corrected chi connectivity index (χ0v) is 6.55. The Morgan fingerprint density at radius 1 is 1.73 bits per heavy atom. The molecule has 11 heavy (non-hydrogen) atoms. The van der Waals surface area contributed by atoms with E-state index in [9.17, 15) is 9.59 Å². The molecule has 1 unspecified atom stereocenters. The standard InChI is InChI=1S/C7H11NO3/c1-7(2)4(3-5(7)9)8-6(10)11/h4,8H,3H2,1-2H3,(H,10,11). The Balaban J connectivity index is 2.53. The number of carbonyl (C=O) groups is 2. The van der Waals surface area contributed by atoms with Crippen LogP contribution in [0.2, 0.25) is 0 Å². The summed E-state index contributed by atoms with van der Waals surface area (Å²) >= 11 is 0. The predicted octanol–water partition coefficient (Wildman–Crippen LogP) is 0.622. The monoisotopic (exact) mass is 157 g/mol. The van der Waals surface area contributed by atoms with E-state index < -0.39 is 11.5 Å². The van der Waals surface area contributed by atoms with Crippen LogP contribution in [0.25, 0.3) is 0 Å². The van der Waals surface area contributed by atoms with Gasteiger partial charge in [-0.2, -0.15) is 0 Å². The van der Waals surface area contributed by atoms with Crippen molar-refractivity contribution in [3.63, 3.8) is 0 Å². The Morgan fingerprint density at radius 2 is 2.27 bits per heavy atom. The first-order valence-electron chi connectivity index (χ1n) is 3.47. The van der Waals surface area contributed by atoms with E-state index in [2.05, 4.69) is 5.32 Å². The maximum Gasteiger partial charge on any atom is 0.404 e. The summed E-state index contributed by atoms with van der Waals surface area (Å²) in [6.07, 6.45) is -0.727. The second kappa shape index (κ2) is 2.22. The van der Waals surface area contributed by atoms with Crippen molar-refractivity contribution in [2.24, 2.45) is 5.41 Å². The highest BCUT2D eigenvalue weighted by atomic mass is 16.4. The van der Waals surface area contributed by atoms with Gasteiger partial charge >= 0.3 is 6.09 Å². The summed E-state index contributed by atoms with van der Waals surface area (Å²) in [7, 11) is 0. The lowest BCUT2D eigenvalue weighted by molar-refractivity contribution is -0.138. The summed E-state index contributed by atoms with van der Waals surface area (Å²) in [5.74, 6) is 0.122. The Morgan fingerprint density at radius 3 is 2.55 bits per heavy atom.